The molecule has 0 saturated heterocycles. The van der Waals surface area contributed by atoms with E-state index in [-0.39, 0.29) is 0 Å². The molecular weight excluding hydrogens is 482 g/mol. The van der Waals surface area contributed by atoms with Crippen molar-refractivity contribution < 1.29 is 9.47 Å². The molecule has 0 saturated carbocycles. The van der Waals surface area contributed by atoms with Crippen molar-refractivity contribution in [2.24, 2.45) is 0 Å². The van der Waals surface area contributed by atoms with Gasteiger partial charge in [0.05, 0.1) is 24.3 Å². The molecule has 5 aromatic rings. The second kappa shape index (κ2) is 10.5. The van der Waals surface area contributed by atoms with E-state index in [1.165, 1.54) is 0 Å². The fourth-order valence-electron chi connectivity index (χ4n) is 3.82. The van der Waals surface area contributed by atoms with Crippen LogP contribution in [0.15, 0.2) is 73.4 Å². The molecule has 0 aliphatic heterocycles. The highest BCUT2D eigenvalue weighted by Crippen LogP contribution is 2.24. The summed E-state index contributed by atoms with van der Waals surface area (Å²) >= 11 is 0. The maximum Gasteiger partial charge on any atom is 0.237 e. The Balaban J connectivity index is 1.25. The lowest BCUT2D eigenvalue weighted by molar-refractivity contribution is 0.0786. The Labute approximate surface area is 217 Å². The van der Waals surface area contributed by atoms with Gasteiger partial charge in [0.1, 0.15) is 24.6 Å². The number of fused-ring (bicyclic) bond motifs is 1. The van der Waals surface area contributed by atoms with Crippen LogP contribution in [-0.4, -0.2) is 51.1 Å². The van der Waals surface area contributed by atoms with Gasteiger partial charge in [-0.3, -0.25) is 4.57 Å². The first kappa shape index (κ1) is 24.7. The second-order valence-corrected chi connectivity index (χ2v) is 15.7. The molecule has 5 rings (SSSR count). The van der Waals surface area contributed by atoms with Crippen molar-refractivity contribution >= 4 is 30.6 Å². The largest absolute Gasteiger partial charge is 0.497 e. The zero-order chi connectivity index (χ0) is 25.8. The van der Waals surface area contributed by atoms with Crippen LogP contribution in [0.25, 0.3) is 28.1 Å². The summed E-state index contributed by atoms with van der Waals surface area (Å²) in [6, 6.07) is 16.9. The Morgan fingerprint density at radius 3 is 2.59 bits per heavy atom. The fourth-order valence-corrected chi connectivity index (χ4v) is 4.58. The third-order valence-corrected chi connectivity index (χ3v) is 7.66. The summed E-state index contributed by atoms with van der Waals surface area (Å²) in [6.07, 6.45) is 7.32. The van der Waals surface area contributed by atoms with Gasteiger partial charge in [0.25, 0.3) is 0 Å². The zero-order valence-electron chi connectivity index (χ0n) is 21.5. The topological polar surface area (TPSA) is 91.9 Å². The van der Waals surface area contributed by atoms with E-state index in [4.69, 9.17) is 9.47 Å². The average molecular weight is 514 g/mol. The molecule has 0 radical (unpaired) electrons. The van der Waals surface area contributed by atoms with E-state index in [2.05, 4.69) is 57.1 Å². The van der Waals surface area contributed by atoms with Gasteiger partial charge in [-0.2, -0.15) is 10.1 Å². The molecule has 2 aromatic carbocycles. The van der Waals surface area contributed by atoms with E-state index in [0.29, 0.717) is 18.5 Å². The zero-order valence-corrected chi connectivity index (χ0v) is 22.5. The fraction of sp³-hybridized carbons (Fsp3) is 0.259. The summed E-state index contributed by atoms with van der Waals surface area (Å²) in [7, 11) is 0.558. The lowest BCUT2D eigenvalue weighted by Gasteiger charge is -2.15. The minimum Gasteiger partial charge on any atom is -0.497 e. The Kier molecular flexibility index (Phi) is 7.02. The van der Waals surface area contributed by atoms with Crippen molar-refractivity contribution in [3.05, 3.63) is 73.4 Å². The Bertz CT molecular complexity index is 1490. The molecule has 37 heavy (non-hydrogen) atoms. The van der Waals surface area contributed by atoms with Gasteiger partial charge in [0, 0.05) is 44.4 Å². The summed E-state index contributed by atoms with van der Waals surface area (Å²) in [4.78, 5) is 13.6. The number of rotatable bonds is 10. The van der Waals surface area contributed by atoms with Crippen molar-refractivity contribution in [3.8, 4) is 22.8 Å². The summed E-state index contributed by atoms with van der Waals surface area (Å²) in [5, 5.41) is 7.80. The molecule has 190 valence electrons. The minimum absolute atomic E-state index is 0.471. The molecule has 3 aromatic heterocycles. The van der Waals surface area contributed by atoms with Crippen LogP contribution in [0.1, 0.15) is 0 Å². The molecule has 0 bridgehead atoms. The molecule has 9 nitrogen and oxygen atoms in total. The van der Waals surface area contributed by atoms with E-state index in [0.717, 1.165) is 46.2 Å². The van der Waals surface area contributed by atoms with Crippen LogP contribution < -0.4 is 10.1 Å². The van der Waals surface area contributed by atoms with Gasteiger partial charge < -0.3 is 14.8 Å². The summed E-state index contributed by atoms with van der Waals surface area (Å²) in [6.45, 7) is 8.30. The number of nitrogens with zero attached hydrogens (tertiary/aromatic N) is 6. The molecule has 1 N–H and O–H groups in total. The maximum atomic E-state index is 5.80. The van der Waals surface area contributed by atoms with E-state index in [1.54, 1.807) is 19.6 Å². The van der Waals surface area contributed by atoms with E-state index in [1.807, 2.05) is 58.0 Å². The number of hydrogen-bond acceptors (Lipinski definition) is 7. The first-order valence-corrected chi connectivity index (χ1v) is 15.9. The first-order chi connectivity index (χ1) is 17.9. The predicted octanol–water partition coefficient (Wildman–Crippen LogP) is 5.74. The van der Waals surface area contributed by atoms with Gasteiger partial charge in [-0.1, -0.05) is 31.8 Å². The number of anilines is 2. The monoisotopic (exact) mass is 513 g/mol. The number of imidazole rings is 1. The SMILES string of the molecule is COc1ccc2ncn(-c3nccc(Nc4ccc(-c5cnn(COCC[Si](C)(C)C)c5)cc4)n3)c2c1. The van der Waals surface area contributed by atoms with Gasteiger partial charge in [-0.25, -0.2) is 14.6 Å². The molecule has 0 amide bonds. The van der Waals surface area contributed by atoms with Gasteiger partial charge in [0.2, 0.25) is 5.95 Å². The molecule has 0 aliphatic carbocycles. The summed E-state index contributed by atoms with van der Waals surface area (Å²) in [5.74, 6) is 1.96. The van der Waals surface area contributed by atoms with Crippen molar-refractivity contribution in [1.82, 2.24) is 29.3 Å². The number of ether oxygens (including phenoxy) is 2. The van der Waals surface area contributed by atoms with Crippen LogP contribution in [-0.2, 0) is 11.5 Å². The highest BCUT2D eigenvalue weighted by atomic mass is 28.3. The van der Waals surface area contributed by atoms with Gasteiger partial charge in [-0.05, 0) is 41.9 Å². The van der Waals surface area contributed by atoms with Crippen LogP contribution in [0.4, 0.5) is 11.5 Å². The first-order valence-electron chi connectivity index (χ1n) is 12.2. The normalized spacial score (nSPS) is 11.7. The molecule has 3 heterocycles. The third kappa shape index (κ3) is 6.04. The van der Waals surface area contributed by atoms with Crippen LogP contribution in [0, 0.1) is 0 Å². The summed E-state index contributed by atoms with van der Waals surface area (Å²) < 4.78 is 14.8. The summed E-state index contributed by atoms with van der Waals surface area (Å²) in [5.41, 5.74) is 4.78. The second-order valence-electron chi connectivity index (χ2n) is 10.0. The Morgan fingerprint density at radius 2 is 1.81 bits per heavy atom. The molecule has 0 spiro atoms. The highest BCUT2D eigenvalue weighted by molar-refractivity contribution is 6.76. The van der Waals surface area contributed by atoms with E-state index < -0.39 is 8.07 Å². The van der Waals surface area contributed by atoms with Crippen molar-refractivity contribution in [3.63, 3.8) is 0 Å². The highest BCUT2D eigenvalue weighted by Gasteiger charge is 2.12. The lowest BCUT2D eigenvalue weighted by atomic mass is 10.1. The number of aromatic nitrogens is 6. The minimum atomic E-state index is -1.09. The quantitative estimate of drug-likeness (QED) is 0.188. The lowest BCUT2D eigenvalue weighted by Crippen LogP contribution is -2.22. The van der Waals surface area contributed by atoms with Gasteiger partial charge in [-0.15, -0.1) is 0 Å². The average Bonchev–Trinajstić information content (AvgIpc) is 3.54. The van der Waals surface area contributed by atoms with Gasteiger partial charge in [0.15, 0.2) is 0 Å². The molecule has 0 aliphatic rings. The third-order valence-electron chi connectivity index (χ3n) is 5.96. The van der Waals surface area contributed by atoms with E-state index >= 15 is 0 Å². The number of methoxy groups -OCH3 is 1. The number of benzene rings is 2. The molecule has 10 heteroatoms. The molecule has 0 unspecified atom stereocenters. The Hall–Kier alpha value is -4.02. The van der Waals surface area contributed by atoms with E-state index in [9.17, 15) is 0 Å². The van der Waals surface area contributed by atoms with Crippen molar-refractivity contribution in [2.45, 2.75) is 32.4 Å². The molecule has 0 fully saturated rings. The maximum absolute atomic E-state index is 5.80. The van der Waals surface area contributed by atoms with Gasteiger partial charge >= 0.3 is 0 Å². The van der Waals surface area contributed by atoms with Crippen LogP contribution in [0.5, 0.6) is 5.75 Å². The predicted molar refractivity (Wildman–Crippen MR) is 148 cm³/mol. The Morgan fingerprint density at radius 1 is 0.973 bits per heavy atom. The van der Waals surface area contributed by atoms with Crippen LogP contribution in [0.3, 0.4) is 0 Å². The molecule has 0 atom stereocenters. The number of hydrogen-bond donors (Lipinski definition) is 1. The standard InChI is InChI=1S/C27H31N7O2Si/c1-35-23-9-10-24-25(15-23)34(18-29-24)27-28-12-11-26(32-27)31-22-7-5-20(6-8-22)21-16-30-33(17-21)19-36-13-14-37(2,3)4/h5-12,15-18H,13-14,19H2,1-4H3,(H,28,31,32). The number of nitrogens with one attached hydrogen (secondary N) is 1. The smallest absolute Gasteiger partial charge is 0.237 e. The van der Waals surface area contributed by atoms with Crippen LogP contribution in [0.2, 0.25) is 25.7 Å². The van der Waals surface area contributed by atoms with Crippen molar-refractivity contribution in [2.75, 3.05) is 19.0 Å². The molecular formula is C27H31N7O2Si. The van der Waals surface area contributed by atoms with Crippen molar-refractivity contribution in [1.29, 1.82) is 0 Å². The van der Waals surface area contributed by atoms with Crippen LogP contribution >= 0.6 is 0 Å².